The van der Waals surface area contributed by atoms with Crippen molar-refractivity contribution in [1.29, 1.82) is 0 Å². The second-order valence-corrected chi connectivity index (χ2v) is 13.9. The highest BCUT2D eigenvalue weighted by Crippen LogP contribution is 2.20. The lowest BCUT2D eigenvalue weighted by atomic mass is 9.97. The molecule has 1 aromatic heterocycles. The molecule has 0 radical (unpaired) electrons. The Labute approximate surface area is 313 Å². The van der Waals surface area contributed by atoms with E-state index in [0.29, 0.717) is 25.0 Å². The number of rotatable bonds is 20. The minimum atomic E-state index is -1.53. The third-order valence-electron chi connectivity index (χ3n) is 9.21. The van der Waals surface area contributed by atoms with Gasteiger partial charge in [0.2, 0.25) is 41.4 Å². The number of aliphatic hydroxyl groups excluding tert-OH is 1. The van der Waals surface area contributed by atoms with Gasteiger partial charge in [-0.3, -0.25) is 38.4 Å². The van der Waals surface area contributed by atoms with Crippen LogP contribution in [0.3, 0.4) is 0 Å². The lowest BCUT2D eigenvalue weighted by Gasteiger charge is -2.31. The predicted molar refractivity (Wildman–Crippen MR) is 193 cm³/mol. The van der Waals surface area contributed by atoms with Crippen LogP contribution in [0.15, 0.2) is 12.5 Å². The molecule has 2 rings (SSSR count). The van der Waals surface area contributed by atoms with E-state index in [4.69, 9.17) is 10.8 Å². The highest BCUT2D eigenvalue weighted by Gasteiger charge is 2.40. The average molecular weight is 765 g/mol. The van der Waals surface area contributed by atoms with Gasteiger partial charge in [0.25, 0.3) is 0 Å². The lowest BCUT2D eigenvalue weighted by molar-refractivity contribution is -0.142. The monoisotopic (exact) mass is 764 g/mol. The van der Waals surface area contributed by atoms with Gasteiger partial charge in [-0.2, -0.15) is 0 Å². The molecular weight excluding hydrogens is 708 g/mol. The van der Waals surface area contributed by atoms with E-state index in [0.717, 1.165) is 0 Å². The first-order valence-electron chi connectivity index (χ1n) is 18.0. The summed E-state index contributed by atoms with van der Waals surface area (Å²) >= 11 is 0. The van der Waals surface area contributed by atoms with Crippen molar-refractivity contribution in [3.8, 4) is 0 Å². The molecular formula is C34H56N10O10. The van der Waals surface area contributed by atoms with Gasteiger partial charge in [-0.15, -0.1) is 0 Å². The van der Waals surface area contributed by atoms with Gasteiger partial charge in [-0.1, -0.05) is 34.1 Å². The van der Waals surface area contributed by atoms with Gasteiger partial charge < -0.3 is 57.7 Å². The van der Waals surface area contributed by atoms with Crippen molar-refractivity contribution < 1.29 is 48.6 Å². The molecule has 54 heavy (non-hydrogen) atoms. The van der Waals surface area contributed by atoms with Gasteiger partial charge in [0.05, 0.1) is 24.7 Å². The van der Waals surface area contributed by atoms with Crippen LogP contribution < -0.4 is 37.6 Å². The molecule has 9 atom stereocenters. The molecule has 1 aliphatic rings. The summed E-state index contributed by atoms with van der Waals surface area (Å²) in [7, 11) is 0. The molecule has 20 nitrogen and oxygen atoms in total. The van der Waals surface area contributed by atoms with Gasteiger partial charge in [0.1, 0.15) is 42.3 Å². The largest absolute Gasteiger partial charge is 0.480 e. The fourth-order valence-corrected chi connectivity index (χ4v) is 5.71. The van der Waals surface area contributed by atoms with E-state index in [-0.39, 0.29) is 19.5 Å². The molecule has 0 aromatic carbocycles. The van der Waals surface area contributed by atoms with Gasteiger partial charge in [-0.05, 0) is 45.4 Å². The number of aliphatic hydroxyl groups is 1. The van der Waals surface area contributed by atoms with E-state index in [1.54, 1.807) is 33.9 Å². The molecule has 0 unspecified atom stereocenters. The molecule has 20 heteroatoms. The molecule has 0 spiro atoms. The topological polar surface area (TPSA) is 307 Å². The standard InChI is InChI=1S/C34H56N10O10/c1-8-17(4)26(31(50)43-27(20(7)45)32(51)39-19(6)34(53)54)42-28(47)18(5)38-30(49)25(16(2)3)41-29(48)23-10-9-11-44(23)33(52)22(40-24(46)13-35)12-21-14-36-15-37-21/h14-20,22-23,25-27,45H,8-13,35H2,1-7H3,(H,36,37)(H,38,49)(H,39,51)(H,40,46)(H,41,48)(H,42,47)(H,43,50)(H,53,54)/t17-,18-,19-,20+,22-,23-,25-,26-,27-/m0/s1. The normalized spacial score (nSPS) is 18.5. The van der Waals surface area contributed by atoms with E-state index in [2.05, 4.69) is 41.9 Å². The predicted octanol–water partition coefficient (Wildman–Crippen LogP) is -2.98. The summed E-state index contributed by atoms with van der Waals surface area (Å²) in [5.74, 6) is -7.16. The summed E-state index contributed by atoms with van der Waals surface area (Å²) in [6.45, 7) is 10.5. The van der Waals surface area contributed by atoms with Crippen molar-refractivity contribution in [1.82, 2.24) is 46.8 Å². The second kappa shape index (κ2) is 21.0. The van der Waals surface area contributed by atoms with Crippen LogP contribution in [0.5, 0.6) is 0 Å². The number of hydrogen-bond acceptors (Lipinski definition) is 11. The van der Waals surface area contributed by atoms with E-state index < -0.39 is 108 Å². The second-order valence-electron chi connectivity index (χ2n) is 13.9. The molecule has 302 valence electrons. The summed E-state index contributed by atoms with van der Waals surface area (Å²) in [5, 5.41) is 34.3. The number of H-pyrrole nitrogens is 1. The van der Waals surface area contributed by atoms with Crippen LogP contribution in [0.1, 0.15) is 73.4 Å². The first kappa shape index (κ1) is 45.0. The van der Waals surface area contributed by atoms with Crippen molar-refractivity contribution in [2.75, 3.05) is 13.1 Å². The van der Waals surface area contributed by atoms with E-state index in [1.165, 1.54) is 32.0 Å². The Balaban J connectivity index is 2.14. The van der Waals surface area contributed by atoms with Crippen molar-refractivity contribution >= 4 is 47.3 Å². The van der Waals surface area contributed by atoms with Gasteiger partial charge in [-0.25, -0.2) is 4.98 Å². The summed E-state index contributed by atoms with van der Waals surface area (Å²) < 4.78 is 0. The number of carbonyl (C=O) groups is 8. The van der Waals surface area contributed by atoms with Crippen LogP contribution in [0, 0.1) is 11.8 Å². The van der Waals surface area contributed by atoms with E-state index >= 15 is 0 Å². The first-order valence-corrected chi connectivity index (χ1v) is 18.0. The summed E-state index contributed by atoms with van der Waals surface area (Å²) in [4.78, 5) is 112. The molecule has 2 heterocycles. The third-order valence-corrected chi connectivity index (χ3v) is 9.21. The first-order chi connectivity index (χ1) is 25.3. The van der Waals surface area contributed by atoms with Crippen molar-refractivity contribution in [2.24, 2.45) is 17.6 Å². The molecule has 0 aliphatic carbocycles. The van der Waals surface area contributed by atoms with E-state index in [1.807, 2.05) is 0 Å². The number of carboxylic acids is 1. The number of aromatic nitrogens is 2. The lowest BCUT2D eigenvalue weighted by Crippen LogP contribution is -2.62. The molecule has 11 N–H and O–H groups in total. The summed E-state index contributed by atoms with van der Waals surface area (Å²) in [5.41, 5.74) is 5.97. The number of nitrogens with zero attached hydrogens (tertiary/aromatic N) is 2. The zero-order valence-corrected chi connectivity index (χ0v) is 31.8. The number of hydrogen-bond donors (Lipinski definition) is 10. The Morgan fingerprint density at radius 1 is 0.852 bits per heavy atom. The molecule has 7 amide bonds. The minimum absolute atomic E-state index is 0.0536. The molecule has 1 aliphatic heterocycles. The third kappa shape index (κ3) is 12.8. The Morgan fingerprint density at radius 3 is 1.98 bits per heavy atom. The Morgan fingerprint density at radius 2 is 1.44 bits per heavy atom. The molecule has 0 bridgehead atoms. The smallest absolute Gasteiger partial charge is 0.325 e. The summed E-state index contributed by atoms with van der Waals surface area (Å²) in [6, 6.07) is -8.38. The van der Waals surface area contributed by atoms with Crippen LogP contribution in [0.4, 0.5) is 0 Å². The van der Waals surface area contributed by atoms with Crippen LogP contribution >= 0.6 is 0 Å². The maximum Gasteiger partial charge on any atom is 0.325 e. The fraction of sp³-hybridized carbons (Fsp3) is 0.676. The number of carboxylic acid groups (broad SMARTS) is 1. The zero-order valence-electron chi connectivity index (χ0n) is 31.8. The average Bonchev–Trinajstić information content (AvgIpc) is 3.83. The minimum Gasteiger partial charge on any atom is -0.480 e. The SMILES string of the molecule is CC[C@H](C)[C@H](NC(=O)[C@H](C)NC(=O)[C@@H](NC(=O)[C@@H]1CCCN1C(=O)[C@H](Cc1c[nH]cn1)NC(=O)CN)C(C)C)C(=O)N[C@H](C(=O)N[C@@H](C)C(=O)O)[C@@H](C)O. The van der Waals surface area contributed by atoms with Crippen molar-refractivity contribution in [2.45, 2.75) is 123 Å². The van der Waals surface area contributed by atoms with Gasteiger partial charge in [0, 0.05) is 19.2 Å². The number of nitrogens with one attached hydrogen (secondary N) is 7. The highest BCUT2D eigenvalue weighted by atomic mass is 16.4. The maximum absolute atomic E-state index is 13.7. The van der Waals surface area contributed by atoms with Gasteiger partial charge in [0.15, 0.2) is 0 Å². The number of carbonyl (C=O) groups excluding carboxylic acids is 7. The van der Waals surface area contributed by atoms with E-state index in [9.17, 15) is 43.5 Å². The van der Waals surface area contributed by atoms with Crippen LogP contribution in [-0.2, 0) is 44.8 Å². The quantitative estimate of drug-likeness (QED) is 0.0636. The summed E-state index contributed by atoms with van der Waals surface area (Å²) in [6.07, 6.45) is 2.85. The Bertz CT molecular complexity index is 1490. The number of amides is 7. The highest BCUT2D eigenvalue weighted by molar-refractivity contribution is 5.97. The Hall–Kier alpha value is -5.11. The van der Waals surface area contributed by atoms with Gasteiger partial charge >= 0.3 is 5.97 Å². The zero-order chi connectivity index (χ0) is 40.9. The molecule has 0 saturated carbocycles. The number of aliphatic carboxylic acids is 1. The Kier molecular flexibility index (Phi) is 17.5. The van der Waals surface area contributed by atoms with Crippen LogP contribution in [0.25, 0.3) is 0 Å². The fourth-order valence-electron chi connectivity index (χ4n) is 5.71. The molecule has 1 fully saturated rings. The van der Waals surface area contributed by atoms with Crippen molar-refractivity contribution in [3.05, 3.63) is 18.2 Å². The maximum atomic E-state index is 13.7. The molecule has 1 saturated heterocycles. The number of nitrogens with two attached hydrogens (primary N) is 1. The number of imidazole rings is 1. The number of aromatic amines is 1. The van der Waals surface area contributed by atoms with Crippen molar-refractivity contribution in [3.63, 3.8) is 0 Å². The van der Waals surface area contributed by atoms with Crippen LogP contribution in [-0.4, -0.2) is 134 Å². The number of likely N-dealkylation sites (tertiary alicyclic amines) is 1. The molecule has 1 aromatic rings. The van der Waals surface area contributed by atoms with Crippen LogP contribution in [0.2, 0.25) is 0 Å².